The first kappa shape index (κ1) is 19.6. The van der Waals surface area contributed by atoms with Crippen molar-refractivity contribution in [3.63, 3.8) is 0 Å². The molecular weight excluding hydrogens is 350 g/mol. The number of nitrogens with zero attached hydrogens (tertiary/aromatic N) is 1. The summed E-state index contributed by atoms with van der Waals surface area (Å²) in [5, 5.41) is 4.18. The number of allylic oxidation sites excluding steroid dienone is 2. The Balaban J connectivity index is 1.64. The van der Waals surface area contributed by atoms with Crippen molar-refractivity contribution in [1.29, 1.82) is 0 Å². The van der Waals surface area contributed by atoms with Gasteiger partial charge in [0.05, 0.1) is 5.71 Å². The van der Waals surface area contributed by atoms with Crippen molar-refractivity contribution >= 4 is 11.7 Å². The molecule has 0 heterocycles. The molecule has 0 spiro atoms. The molecule has 0 radical (unpaired) electrons. The molecule has 3 fully saturated rings. The van der Waals surface area contributed by atoms with Crippen LogP contribution in [0.5, 0.6) is 0 Å². The maximum absolute atomic E-state index is 11.9. The van der Waals surface area contributed by atoms with Gasteiger partial charge in [-0.15, -0.1) is 6.42 Å². The molecule has 3 saturated carbocycles. The average Bonchev–Trinajstić information content (AvgIpc) is 3.02. The molecular formula is C24H33NO3. The van der Waals surface area contributed by atoms with Gasteiger partial charge < -0.3 is 9.57 Å². The van der Waals surface area contributed by atoms with E-state index in [1.165, 1.54) is 26.2 Å². The van der Waals surface area contributed by atoms with Crippen molar-refractivity contribution in [1.82, 2.24) is 0 Å². The van der Waals surface area contributed by atoms with Gasteiger partial charge in [0.25, 0.3) is 0 Å². The summed E-state index contributed by atoms with van der Waals surface area (Å²) in [6.45, 7) is 3.75. The van der Waals surface area contributed by atoms with E-state index in [1.54, 1.807) is 12.7 Å². The van der Waals surface area contributed by atoms with Crippen LogP contribution >= 0.6 is 0 Å². The maximum Gasteiger partial charge on any atom is 0.304 e. The lowest BCUT2D eigenvalue weighted by atomic mass is 9.49. The van der Waals surface area contributed by atoms with Crippen LogP contribution in [-0.4, -0.2) is 24.4 Å². The lowest BCUT2D eigenvalue weighted by Crippen LogP contribution is -2.55. The van der Waals surface area contributed by atoms with Crippen molar-refractivity contribution in [2.45, 2.75) is 77.2 Å². The molecule has 0 unspecified atom stereocenters. The maximum atomic E-state index is 11.9. The monoisotopic (exact) mass is 383 g/mol. The molecule has 4 nitrogen and oxygen atoms in total. The van der Waals surface area contributed by atoms with Crippen LogP contribution in [0.15, 0.2) is 16.8 Å². The molecule has 0 amide bonds. The number of carbonyl (C=O) groups excluding carboxylic acids is 1. The number of carbonyl (C=O) groups is 1. The van der Waals surface area contributed by atoms with Gasteiger partial charge in [-0.2, -0.15) is 0 Å². The molecule has 0 aromatic carbocycles. The molecule has 4 aliphatic carbocycles. The number of hydrogen-bond donors (Lipinski definition) is 0. The number of fused-ring (bicyclic) bond motifs is 5. The summed E-state index contributed by atoms with van der Waals surface area (Å²) in [5.41, 5.74) is 1.92. The van der Waals surface area contributed by atoms with E-state index in [2.05, 4.69) is 24.1 Å². The van der Waals surface area contributed by atoms with Gasteiger partial charge in [0.1, 0.15) is 7.11 Å². The van der Waals surface area contributed by atoms with E-state index < -0.39 is 5.60 Å². The Bertz CT molecular complexity index is 747. The molecule has 0 aromatic rings. The largest absolute Gasteiger partial charge is 0.445 e. The lowest BCUT2D eigenvalue weighted by molar-refractivity contribution is -0.170. The smallest absolute Gasteiger partial charge is 0.304 e. The summed E-state index contributed by atoms with van der Waals surface area (Å²) < 4.78 is 5.92. The van der Waals surface area contributed by atoms with E-state index in [-0.39, 0.29) is 11.4 Å². The van der Waals surface area contributed by atoms with Crippen LogP contribution in [0, 0.1) is 41.4 Å². The molecule has 0 bridgehead atoms. The van der Waals surface area contributed by atoms with Crippen LogP contribution in [-0.2, 0) is 14.4 Å². The van der Waals surface area contributed by atoms with Crippen molar-refractivity contribution in [3.05, 3.63) is 11.6 Å². The Hall–Kier alpha value is -1.76. The van der Waals surface area contributed by atoms with Crippen LogP contribution in [0.25, 0.3) is 0 Å². The minimum atomic E-state index is -0.704. The summed E-state index contributed by atoms with van der Waals surface area (Å²) in [6.07, 6.45) is 18.1. The van der Waals surface area contributed by atoms with Crippen LogP contribution < -0.4 is 0 Å². The van der Waals surface area contributed by atoms with Gasteiger partial charge in [0.2, 0.25) is 0 Å². The molecule has 0 aromatic heterocycles. The number of ether oxygens (including phenoxy) is 1. The fourth-order valence-corrected chi connectivity index (χ4v) is 7.57. The topological polar surface area (TPSA) is 47.9 Å². The van der Waals surface area contributed by atoms with Gasteiger partial charge in [0, 0.05) is 12.3 Å². The first-order chi connectivity index (χ1) is 13.5. The van der Waals surface area contributed by atoms with E-state index in [1.807, 2.05) is 0 Å². The van der Waals surface area contributed by atoms with E-state index in [9.17, 15) is 4.79 Å². The SMILES string of the molecule is C#C[C@]1(OC(C)=O)CC[C@H]2[C@@H]3CCC4=C/C(=N/OC)CC[C@@H]4[C@H]3CC[C@@]21CC. The van der Waals surface area contributed by atoms with Crippen molar-refractivity contribution in [2.24, 2.45) is 34.2 Å². The molecule has 0 N–H and O–H groups in total. The molecule has 6 atom stereocenters. The van der Waals surface area contributed by atoms with Crippen LogP contribution in [0.3, 0.4) is 0 Å². The highest BCUT2D eigenvalue weighted by Crippen LogP contribution is 2.67. The third-order valence-corrected chi connectivity index (χ3v) is 8.53. The standard InChI is InChI=1S/C24H33NO3/c1-5-23-13-11-20-19-10-8-18(25-27-4)15-17(19)7-9-21(20)22(23)12-14-24(23,6-2)28-16(3)26/h2,15,19-22H,5,7-14H2,1,3-4H3/b25-18+/t19-,20+,21+,22-,23-,24-/m0/s1. The van der Waals surface area contributed by atoms with E-state index >= 15 is 0 Å². The number of rotatable bonds is 3. The minimum absolute atomic E-state index is 0.0485. The van der Waals surface area contributed by atoms with Crippen molar-refractivity contribution in [2.75, 3.05) is 7.11 Å². The number of hydrogen-bond acceptors (Lipinski definition) is 4. The predicted molar refractivity (Wildman–Crippen MR) is 109 cm³/mol. The van der Waals surface area contributed by atoms with Crippen LogP contribution in [0.4, 0.5) is 0 Å². The molecule has 4 aliphatic rings. The summed E-state index contributed by atoms with van der Waals surface area (Å²) in [7, 11) is 1.63. The molecule has 4 rings (SSSR count). The third-order valence-electron chi connectivity index (χ3n) is 8.53. The highest BCUT2D eigenvalue weighted by atomic mass is 16.6. The number of oxime groups is 1. The number of terminal acetylenes is 1. The zero-order valence-corrected chi connectivity index (χ0v) is 17.5. The van der Waals surface area contributed by atoms with Crippen LogP contribution in [0.1, 0.15) is 71.6 Å². The normalized spacial score (nSPS) is 43.2. The first-order valence-corrected chi connectivity index (χ1v) is 11.0. The third kappa shape index (κ3) is 2.73. The Morgan fingerprint density at radius 3 is 2.75 bits per heavy atom. The summed E-state index contributed by atoms with van der Waals surface area (Å²) >= 11 is 0. The molecule has 28 heavy (non-hydrogen) atoms. The summed E-state index contributed by atoms with van der Waals surface area (Å²) in [4.78, 5) is 16.9. The summed E-state index contributed by atoms with van der Waals surface area (Å²) in [5.74, 6) is 5.43. The minimum Gasteiger partial charge on any atom is -0.445 e. The molecule has 152 valence electrons. The fraction of sp³-hybridized carbons (Fsp3) is 0.750. The van der Waals surface area contributed by atoms with E-state index in [4.69, 9.17) is 16.0 Å². The van der Waals surface area contributed by atoms with Crippen LogP contribution in [0.2, 0.25) is 0 Å². The molecule has 0 aliphatic heterocycles. The summed E-state index contributed by atoms with van der Waals surface area (Å²) in [6, 6.07) is 0. The Labute approximate surface area is 169 Å². The van der Waals surface area contributed by atoms with Gasteiger partial charge in [-0.1, -0.05) is 23.6 Å². The Morgan fingerprint density at radius 2 is 2.07 bits per heavy atom. The van der Waals surface area contributed by atoms with Gasteiger partial charge in [0.15, 0.2) is 5.60 Å². The molecule has 4 heteroatoms. The van der Waals surface area contributed by atoms with Gasteiger partial charge in [-0.25, -0.2) is 0 Å². The zero-order chi connectivity index (χ0) is 19.9. The second kappa shape index (κ2) is 7.25. The highest BCUT2D eigenvalue weighted by molar-refractivity contribution is 5.96. The Morgan fingerprint density at radius 1 is 1.25 bits per heavy atom. The predicted octanol–water partition coefficient (Wildman–Crippen LogP) is 4.89. The van der Waals surface area contributed by atoms with Gasteiger partial charge in [-0.3, -0.25) is 4.79 Å². The zero-order valence-electron chi connectivity index (χ0n) is 17.5. The van der Waals surface area contributed by atoms with E-state index in [0.29, 0.717) is 17.8 Å². The van der Waals surface area contributed by atoms with Crippen molar-refractivity contribution < 1.29 is 14.4 Å². The average molecular weight is 384 g/mol. The lowest BCUT2D eigenvalue weighted by Gasteiger charge is -2.56. The highest BCUT2D eigenvalue weighted by Gasteiger charge is 2.65. The second-order valence-electron chi connectivity index (χ2n) is 9.25. The quantitative estimate of drug-likeness (QED) is 0.396. The fourth-order valence-electron chi connectivity index (χ4n) is 7.57. The second-order valence-corrected chi connectivity index (χ2v) is 9.25. The molecule has 0 saturated heterocycles. The first-order valence-electron chi connectivity index (χ1n) is 11.0. The Kier molecular flexibility index (Phi) is 5.06. The van der Waals surface area contributed by atoms with Gasteiger partial charge in [-0.05, 0) is 87.5 Å². The number of esters is 1. The van der Waals surface area contributed by atoms with Gasteiger partial charge >= 0.3 is 5.97 Å². The van der Waals surface area contributed by atoms with Crippen molar-refractivity contribution in [3.8, 4) is 12.3 Å². The van der Waals surface area contributed by atoms with E-state index in [0.717, 1.165) is 50.2 Å².